The van der Waals surface area contributed by atoms with Crippen LogP contribution in [0.4, 0.5) is 11.4 Å². The smallest absolute Gasteiger partial charge is 0.265 e. The highest BCUT2D eigenvalue weighted by Gasteiger charge is 2.26. The predicted octanol–water partition coefficient (Wildman–Crippen LogP) is 4.60. The van der Waals surface area contributed by atoms with Crippen molar-refractivity contribution < 1.29 is 23.8 Å². The maximum Gasteiger partial charge on any atom is 0.265 e. The normalized spacial score (nSPS) is 12.5. The Bertz CT molecular complexity index is 1130. The van der Waals surface area contributed by atoms with E-state index in [1.165, 1.54) is 0 Å². The molecule has 1 heterocycles. The van der Waals surface area contributed by atoms with Crippen LogP contribution in [0.2, 0.25) is 0 Å². The molecule has 176 valence electrons. The summed E-state index contributed by atoms with van der Waals surface area (Å²) in [5.74, 6) is 1.88. The number of carbonyl (C=O) groups excluding carboxylic acids is 2. The van der Waals surface area contributed by atoms with Crippen molar-refractivity contribution in [1.29, 1.82) is 0 Å². The highest BCUT2D eigenvalue weighted by atomic mass is 16.5. The maximum absolute atomic E-state index is 12.5. The molecule has 0 saturated heterocycles. The Hall–Kier alpha value is -4.00. The molecule has 7 nitrogen and oxygen atoms in total. The van der Waals surface area contributed by atoms with Crippen LogP contribution in [0.3, 0.4) is 0 Å². The minimum atomic E-state index is -0.151. The predicted molar refractivity (Wildman–Crippen MR) is 131 cm³/mol. The fourth-order valence-electron chi connectivity index (χ4n) is 3.65. The first-order chi connectivity index (χ1) is 16.6. The van der Waals surface area contributed by atoms with Crippen molar-refractivity contribution in [3.63, 3.8) is 0 Å². The van der Waals surface area contributed by atoms with Crippen LogP contribution in [0.25, 0.3) is 0 Å². The van der Waals surface area contributed by atoms with E-state index in [0.29, 0.717) is 49.7 Å². The third-order valence-corrected chi connectivity index (χ3v) is 5.32. The zero-order valence-electron chi connectivity index (χ0n) is 19.2. The summed E-state index contributed by atoms with van der Waals surface area (Å²) >= 11 is 0. The number of benzene rings is 3. The standard InChI is InChI=1S/C27H28N2O5/c1-20-7-5-10-23(17-20)33-16-14-29-24-18-21(12-13-25(24)34-19-27(29)31)28-26(30)11-6-15-32-22-8-3-2-4-9-22/h2-5,7-10,12-13,17-18H,6,11,14-16,19H2,1H3,(H,28,30). The Morgan fingerprint density at radius 3 is 2.59 bits per heavy atom. The quantitative estimate of drug-likeness (QED) is 0.448. The second-order valence-corrected chi connectivity index (χ2v) is 7.99. The van der Waals surface area contributed by atoms with Crippen LogP contribution in [-0.4, -0.2) is 38.2 Å². The molecule has 0 radical (unpaired) electrons. The highest BCUT2D eigenvalue weighted by Crippen LogP contribution is 2.34. The molecule has 3 aromatic carbocycles. The number of carbonyl (C=O) groups is 2. The van der Waals surface area contributed by atoms with E-state index in [1.54, 1.807) is 23.1 Å². The van der Waals surface area contributed by atoms with Crippen molar-refractivity contribution in [2.24, 2.45) is 0 Å². The largest absolute Gasteiger partial charge is 0.494 e. The Balaban J connectivity index is 1.31. The van der Waals surface area contributed by atoms with Gasteiger partial charge < -0.3 is 24.4 Å². The van der Waals surface area contributed by atoms with Crippen molar-refractivity contribution in [1.82, 2.24) is 0 Å². The summed E-state index contributed by atoms with van der Waals surface area (Å²) in [6.45, 7) is 3.15. The van der Waals surface area contributed by atoms with E-state index in [1.807, 2.05) is 61.5 Å². The first-order valence-corrected chi connectivity index (χ1v) is 11.3. The summed E-state index contributed by atoms with van der Waals surface area (Å²) in [5.41, 5.74) is 2.34. The van der Waals surface area contributed by atoms with E-state index in [4.69, 9.17) is 14.2 Å². The Kier molecular flexibility index (Phi) is 7.65. The molecule has 0 unspecified atom stereocenters. The van der Waals surface area contributed by atoms with Crippen LogP contribution < -0.4 is 24.4 Å². The van der Waals surface area contributed by atoms with Crippen LogP contribution in [0.5, 0.6) is 17.2 Å². The number of nitrogens with zero attached hydrogens (tertiary/aromatic N) is 1. The number of anilines is 2. The molecule has 2 amide bonds. The van der Waals surface area contributed by atoms with Crippen molar-refractivity contribution in [2.45, 2.75) is 19.8 Å². The van der Waals surface area contributed by atoms with Gasteiger partial charge in [-0.05, 0) is 61.4 Å². The van der Waals surface area contributed by atoms with Crippen LogP contribution in [0.1, 0.15) is 18.4 Å². The van der Waals surface area contributed by atoms with Crippen LogP contribution in [0, 0.1) is 6.92 Å². The van der Waals surface area contributed by atoms with Gasteiger partial charge in [0.15, 0.2) is 6.61 Å². The minimum Gasteiger partial charge on any atom is -0.494 e. The second-order valence-electron chi connectivity index (χ2n) is 7.99. The van der Waals surface area contributed by atoms with Crippen LogP contribution >= 0.6 is 0 Å². The molecule has 0 aromatic heterocycles. The molecule has 0 saturated carbocycles. The van der Waals surface area contributed by atoms with Crippen molar-refractivity contribution in [3.05, 3.63) is 78.4 Å². The van der Waals surface area contributed by atoms with Gasteiger partial charge in [0.25, 0.3) is 5.91 Å². The van der Waals surface area contributed by atoms with Gasteiger partial charge in [0.1, 0.15) is 23.9 Å². The van der Waals surface area contributed by atoms with Gasteiger partial charge in [-0.15, -0.1) is 0 Å². The summed E-state index contributed by atoms with van der Waals surface area (Å²) in [6.07, 6.45) is 0.920. The number of ether oxygens (including phenoxy) is 3. The molecular formula is C27H28N2O5. The number of nitrogens with one attached hydrogen (secondary N) is 1. The first kappa shape index (κ1) is 23.2. The zero-order valence-corrected chi connectivity index (χ0v) is 19.2. The molecule has 34 heavy (non-hydrogen) atoms. The number of aryl methyl sites for hydroxylation is 1. The average molecular weight is 461 g/mol. The minimum absolute atomic E-state index is 0.0232. The second kappa shape index (κ2) is 11.2. The summed E-state index contributed by atoms with van der Waals surface area (Å²) in [7, 11) is 0. The molecule has 3 aromatic rings. The summed E-state index contributed by atoms with van der Waals surface area (Å²) < 4.78 is 17.0. The number of hydrogen-bond donors (Lipinski definition) is 1. The topological polar surface area (TPSA) is 77.1 Å². The Morgan fingerprint density at radius 1 is 0.971 bits per heavy atom. The molecule has 1 aliphatic heterocycles. The van der Waals surface area contributed by atoms with E-state index in [9.17, 15) is 9.59 Å². The third-order valence-electron chi connectivity index (χ3n) is 5.32. The molecule has 0 fully saturated rings. The molecule has 1 N–H and O–H groups in total. The number of para-hydroxylation sites is 1. The molecule has 1 aliphatic rings. The molecule has 7 heteroatoms. The van der Waals surface area contributed by atoms with E-state index in [-0.39, 0.29) is 18.4 Å². The van der Waals surface area contributed by atoms with Crippen LogP contribution in [0.15, 0.2) is 72.8 Å². The lowest BCUT2D eigenvalue weighted by atomic mass is 10.2. The number of fused-ring (bicyclic) bond motifs is 1. The van der Waals surface area contributed by atoms with E-state index in [2.05, 4.69) is 5.32 Å². The Labute approximate surface area is 199 Å². The third kappa shape index (κ3) is 6.28. The van der Waals surface area contributed by atoms with Gasteiger partial charge in [-0.3, -0.25) is 9.59 Å². The average Bonchev–Trinajstić information content (AvgIpc) is 2.84. The fraction of sp³-hybridized carbons (Fsp3) is 0.259. The molecule has 0 aliphatic carbocycles. The van der Waals surface area contributed by atoms with Gasteiger partial charge in [-0.25, -0.2) is 0 Å². The summed E-state index contributed by atoms with van der Waals surface area (Å²) in [5, 5.41) is 2.90. The summed E-state index contributed by atoms with van der Waals surface area (Å²) in [4.78, 5) is 26.6. The van der Waals surface area contributed by atoms with Gasteiger partial charge in [0.2, 0.25) is 5.91 Å². The SMILES string of the molecule is Cc1cccc(OCCN2C(=O)COc3ccc(NC(=O)CCCOc4ccccc4)cc32)c1. The molecule has 4 rings (SSSR count). The lowest BCUT2D eigenvalue weighted by Gasteiger charge is -2.29. The van der Waals surface area contributed by atoms with E-state index >= 15 is 0 Å². The molecule has 0 atom stereocenters. The lowest BCUT2D eigenvalue weighted by molar-refractivity contribution is -0.121. The number of rotatable bonds is 10. The number of amides is 2. The monoisotopic (exact) mass is 460 g/mol. The van der Waals surface area contributed by atoms with Crippen molar-refractivity contribution in [2.75, 3.05) is 36.6 Å². The van der Waals surface area contributed by atoms with Gasteiger partial charge in [0, 0.05) is 12.1 Å². The first-order valence-electron chi connectivity index (χ1n) is 11.3. The van der Waals surface area contributed by atoms with Gasteiger partial charge in [0.05, 0.1) is 18.8 Å². The van der Waals surface area contributed by atoms with Gasteiger partial charge in [-0.1, -0.05) is 30.3 Å². The lowest BCUT2D eigenvalue weighted by Crippen LogP contribution is -2.41. The number of hydrogen-bond acceptors (Lipinski definition) is 5. The van der Waals surface area contributed by atoms with Crippen molar-refractivity contribution >= 4 is 23.2 Å². The van der Waals surface area contributed by atoms with Gasteiger partial charge >= 0.3 is 0 Å². The van der Waals surface area contributed by atoms with Gasteiger partial charge in [-0.2, -0.15) is 0 Å². The Morgan fingerprint density at radius 2 is 1.76 bits per heavy atom. The van der Waals surface area contributed by atoms with E-state index in [0.717, 1.165) is 17.1 Å². The highest BCUT2D eigenvalue weighted by molar-refractivity contribution is 5.99. The van der Waals surface area contributed by atoms with E-state index < -0.39 is 0 Å². The summed E-state index contributed by atoms with van der Waals surface area (Å²) in [6, 6.07) is 22.6. The molecule has 0 bridgehead atoms. The zero-order chi connectivity index (χ0) is 23.8. The molecule has 0 spiro atoms. The molecular weight excluding hydrogens is 432 g/mol. The maximum atomic E-state index is 12.5. The van der Waals surface area contributed by atoms with Crippen LogP contribution in [-0.2, 0) is 9.59 Å². The fourth-order valence-corrected chi connectivity index (χ4v) is 3.65. The van der Waals surface area contributed by atoms with Crippen molar-refractivity contribution in [3.8, 4) is 17.2 Å².